The lowest BCUT2D eigenvalue weighted by atomic mass is 10.2. The minimum atomic E-state index is -3.57. The minimum Gasteiger partial charge on any atom is -0.457 e. The van der Waals surface area contributed by atoms with Gasteiger partial charge in [-0.2, -0.15) is 10.3 Å². The second kappa shape index (κ2) is 5.98. The van der Waals surface area contributed by atoms with Crippen LogP contribution in [0, 0.1) is 0 Å². The van der Waals surface area contributed by atoms with Crippen LogP contribution in [0.5, 0.6) is 11.5 Å². The fraction of sp³-hybridized carbons (Fsp3) is 0.0667. The highest BCUT2D eigenvalue weighted by Crippen LogP contribution is 2.27. The first-order valence-corrected chi connectivity index (χ1v) is 8.20. The maximum atomic E-state index is 12.3. The number of aromatic amines is 1. The molecule has 112 valence electrons. The molecule has 1 heterocycles. The van der Waals surface area contributed by atoms with E-state index in [1.54, 1.807) is 24.3 Å². The minimum absolute atomic E-state index is 0.0815. The van der Waals surface area contributed by atoms with Crippen molar-refractivity contribution < 1.29 is 13.2 Å². The van der Waals surface area contributed by atoms with Crippen LogP contribution in [0.1, 0.15) is 5.56 Å². The number of sulfone groups is 1. The molecule has 0 bridgehead atoms. The Labute approximate surface area is 127 Å². The third-order valence-electron chi connectivity index (χ3n) is 3.00. The summed E-state index contributed by atoms with van der Waals surface area (Å²) in [4.78, 5) is 0. The van der Waals surface area contributed by atoms with Gasteiger partial charge in [0.2, 0.25) is 9.84 Å². The predicted molar refractivity (Wildman–Crippen MR) is 80.2 cm³/mol. The second-order valence-corrected chi connectivity index (χ2v) is 6.53. The third-order valence-corrected chi connectivity index (χ3v) is 4.53. The van der Waals surface area contributed by atoms with Gasteiger partial charge in [-0.05, 0) is 18.2 Å². The van der Waals surface area contributed by atoms with Gasteiger partial charge in [-0.15, -0.1) is 5.10 Å². The molecule has 0 aliphatic heterocycles. The Morgan fingerprint density at radius 2 is 1.73 bits per heavy atom. The SMILES string of the molecule is O=S(=O)(Cc1ccccc1Oc1ccccc1)c1cn[nH]n1. The molecule has 0 spiro atoms. The lowest BCUT2D eigenvalue weighted by Gasteiger charge is -2.10. The van der Waals surface area contributed by atoms with Crippen molar-refractivity contribution in [1.82, 2.24) is 15.4 Å². The van der Waals surface area contributed by atoms with E-state index >= 15 is 0 Å². The van der Waals surface area contributed by atoms with E-state index in [0.29, 0.717) is 17.1 Å². The van der Waals surface area contributed by atoms with Crippen molar-refractivity contribution in [3.8, 4) is 11.5 Å². The van der Waals surface area contributed by atoms with E-state index in [0.717, 1.165) is 0 Å². The molecule has 3 rings (SSSR count). The van der Waals surface area contributed by atoms with E-state index in [1.807, 2.05) is 30.3 Å². The quantitative estimate of drug-likeness (QED) is 0.782. The van der Waals surface area contributed by atoms with Crippen molar-refractivity contribution >= 4 is 9.84 Å². The lowest BCUT2D eigenvalue weighted by Crippen LogP contribution is -2.06. The van der Waals surface area contributed by atoms with E-state index in [9.17, 15) is 8.42 Å². The van der Waals surface area contributed by atoms with Crippen LogP contribution in [0.2, 0.25) is 0 Å². The molecule has 0 fully saturated rings. The van der Waals surface area contributed by atoms with Crippen LogP contribution >= 0.6 is 0 Å². The van der Waals surface area contributed by atoms with Gasteiger partial charge in [-0.25, -0.2) is 8.42 Å². The molecule has 7 heteroatoms. The molecule has 0 atom stereocenters. The van der Waals surface area contributed by atoms with Gasteiger partial charge in [-0.1, -0.05) is 36.4 Å². The summed E-state index contributed by atoms with van der Waals surface area (Å²) in [5.41, 5.74) is 0.564. The van der Waals surface area contributed by atoms with E-state index < -0.39 is 9.84 Å². The number of hydrogen-bond acceptors (Lipinski definition) is 5. The van der Waals surface area contributed by atoms with Crippen LogP contribution in [0.3, 0.4) is 0 Å². The van der Waals surface area contributed by atoms with Gasteiger partial charge >= 0.3 is 0 Å². The number of hydrogen-bond donors (Lipinski definition) is 1. The highest BCUT2D eigenvalue weighted by Gasteiger charge is 2.20. The van der Waals surface area contributed by atoms with E-state index in [2.05, 4.69) is 15.4 Å². The maximum absolute atomic E-state index is 12.3. The standard InChI is InChI=1S/C15H13N3O3S/c19-22(20,15-10-16-18-17-15)11-12-6-4-5-9-14(12)21-13-7-2-1-3-8-13/h1-10H,11H2,(H,16,17,18). The number of ether oxygens (including phenoxy) is 1. The summed E-state index contributed by atoms with van der Waals surface area (Å²) in [5, 5.41) is 9.39. The lowest BCUT2D eigenvalue weighted by molar-refractivity contribution is 0.477. The summed E-state index contributed by atoms with van der Waals surface area (Å²) in [6, 6.07) is 16.2. The molecule has 0 aliphatic rings. The van der Waals surface area contributed by atoms with Crippen molar-refractivity contribution in [2.45, 2.75) is 10.8 Å². The average molecular weight is 315 g/mol. The summed E-state index contributed by atoms with van der Waals surface area (Å²) >= 11 is 0. The Morgan fingerprint density at radius 1 is 1.00 bits per heavy atom. The predicted octanol–water partition coefficient (Wildman–Crippen LogP) is 2.57. The molecule has 6 nitrogen and oxygen atoms in total. The first kappa shape index (κ1) is 14.3. The Kier molecular flexibility index (Phi) is 3.88. The summed E-state index contributed by atoms with van der Waals surface area (Å²) in [5.74, 6) is 0.942. The summed E-state index contributed by atoms with van der Waals surface area (Å²) in [6.07, 6.45) is 1.19. The molecular formula is C15H13N3O3S. The Bertz CT molecular complexity index is 847. The molecule has 0 radical (unpaired) electrons. The fourth-order valence-corrected chi connectivity index (χ4v) is 3.15. The summed E-state index contributed by atoms with van der Waals surface area (Å²) < 4.78 is 30.3. The molecule has 2 aromatic carbocycles. The smallest absolute Gasteiger partial charge is 0.203 e. The Morgan fingerprint density at radius 3 is 2.45 bits per heavy atom. The zero-order chi connectivity index (χ0) is 15.4. The highest BCUT2D eigenvalue weighted by atomic mass is 32.2. The van der Waals surface area contributed by atoms with Gasteiger partial charge in [0.25, 0.3) is 0 Å². The van der Waals surface area contributed by atoms with E-state index in [-0.39, 0.29) is 10.8 Å². The van der Waals surface area contributed by atoms with Gasteiger partial charge in [0.1, 0.15) is 11.5 Å². The van der Waals surface area contributed by atoms with Gasteiger partial charge < -0.3 is 4.74 Å². The molecule has 1 N–H and O–H groups in total. The van der Waals surface area contributed by atoms with Gasteiger partial charge in [-0.3, -0.25) is 0 Å². The molecule has 0 amide bonds. The average Bonchev–Trinajstić information content (AvgIpc) is 3.05. The zero-order valence-electron chi connectivity index (χ0n) is 11.5. The number of benzene rings is 2. The van der Waals surface area contributed by atoms with Gasteiger partial charge in [0.15, 0.2) is 5.03 Å². The third kappa shape index (κ3) is 3.15. The summed E-state index contributed by atoms with van der Waals surface area (Å²) in [6.45, 7) is 0. The van der Waals surface area contributed by atoms with Crippen LogP contribution < -0.4 is 4.74 Å². The second-order valence-electron chi connectivity index (χ2n) is 4.59. The molecule has 1 aromatic heterocycles. The van der Waals surface area contributed by atoms with Crippen LogP contribution in [0.4, 0.5) is 0 Å². The molecule has 22 heavy (non-hydrogen) atoms. The molecule has 0 aliphatic carbocycles. The van der Waals surface area contributed by atoms with Crippen LogP contribution in [-0.4, -0.2) is 23.8 Å². The maximum Gasteiger partial charge on any atom is 0.203 e. The zero-order valence-corrected chi connectivity index (χ0v) is 12.3. The number of nitrogens with zero attached hydrogens (tertiary/aromatic N) is 2. The first-order valence-electron chi connectivity index (χ1n) is 6.54. The monoisotopic (exact) mass is 315 g/mol. The van der Waals surface area contributed by atoms with Gasteiger partial charge in [0, 0.05) is 5.56 Å². The van der Waals surface area contributed by atoms with Crippen molar-refractivity contribution in [2.75, 3.05) is 0 Å². The first-order chi connectivity index (χ1) is 10.6. The number of rotatable bonds is 5. The van der Waals surface area contributed by atoms with Crippen molar-refractivity contribution in [2.24, 2.45) is 0 Å². The molecule has 0 saturated carbocycles. The van der Waals surface area contributed by atoms with Crippen molar-refractivity contribution in [3.05, 3.63) is 66.4 Å². The van der Waals surface area contributed by atoms with Gasteiger partial charge in [0.05, 0.1) is 11.9 Å². The number of nitrogens with one attached hydrogen (secondary N) is 1. The summed E-state index contributed by atoms with van der Waals surface area (Å²) in [7, 11) is -3.57. The van der Waals surface area contributed by atoms with Crippen LogP contribution in [-0.2, 0) is 15.6 Å². The van der Waals surface area contributed by atoms with Crippen molar-refractivity contribution in [1.29, 1.82) is 0 Å². The molecule has 3 aromatic rings. The number of para-hydroxylation sites is 2. The topological polar surface area (TPSA) is 84.9 Å². The normalized spacial score (nSPS) is 11.3. The Balaban J connectivity index is 1.89. The van der Waals surface area contributed by atoms with E-state index in [4.69, 9.17) is 4.74 Å². The van der Waals surface area contributed by atoms with Crippen molar-refractivity contribution in [3.63, 3.8) is 0 Å². The van der Waals surface area contributed by atoms with Crippen LogP contribution in [0.15, 0.2) is 65.8 Å². The van der Waals surface area contributed by atoms with Crippen LogP contribution in [0.25, 0.3) is 0 Å². The largest absolute Gasteiger partial charge is 0.457 e. The molecular weight excluding hydrogens is 302 g/mol. The number of aromatic nitrogens is 3. The molecule has 0 saturated heterocycles. The molecule has 0 unspecified atom stereocenters. The highest BCUT2D eigenvalue weighted by molar-refractivity contribution is 7.90. The fourth-order valence-electron chi connectivity index (χ4n) is 1.96. The number of H-pyrrole nitrogens is 1. The Hall–Kier alpha value is -2.67. The van der Waals surface area contributed by atoms with E-state index in [1.165, 1.54) is 6.20 Å².